The van der Waals surface area contributed by atoms with E-state index < -0.39 is 0 Å². The van der Waals surface area contributed by atoms with Crippen molar-refractivity contribution < 1.29 is 8.85 Å². The Bertz CT molecular complexity index is 382. The van der Waals surface area contributed by atoms with Gasteiger partial charge in [0.25, 0.3) is 5.84 Å². The van der Waals surface area contributed by atoms with Crippen LogP contribution in [-0.2, 0) is 4.74 Å². The van der Waals surface area contributed by atoms with Gasteiger partial charge in [-0.1, -0.05) is 5.10 Å². The van der Waals surface area contributed by atoms with E-state index in [0.717, 1.165) is 12.2 Å². The Hall–Kier alpha value is -1.04. The molecule has 3 rings (SSSR count). The molecule has 0 spiro atoms. The summed E-state index contributed by atoms with van der Waals surface area (Å²) in [6.45, 7) is 0.761. The van der Waals surface area contributed by atoms with E-state index in [0.29, 0.717) is 5.84 Å². The summed E-state index contributed by atoms with van der Waals surface area (Å²) in [7, 11) is 0. The first kappa shape index (κ1) is 7.37. The highest BCUT2D eigenvalue weighted by atomic mass is 35.5. The highest BCUT2D eigenvalue weighted by molar-refractivity contribution is 6.15. The third-order valence-corrected chi connectivity index (χ3v) is 2.43. The average molecular weight is 198 g/mol. The zero-order valence-corrected chi connectivity index (χ0v) is 7.35. The molecule has 0 N–H and O–H groups in total. The summed E-state index contributed by atoms with van der Waals surface area (Å²) >= 11 is 6.10. The van der Waals surface area contributed by atoms with Crippen LogP contribution in [0.25, 0.3) is 0 Å². The largest absolute Gasteiger partial charge is 0.368 e. The molecule has 3 aliphatic heterocycles. The van der Waals surface area contributed by atoms with Crippen molar-refractivity contribution in [1.29, 1.82) is 0 Å². The zero-order chi connectivity index (χ0) is 8.89. The van der Waals surface area contributed by atoms with Crippen molar-refractivity contribution in [3.05, 3.63) is 23.9 Å². The summed E-state index contributed by atoms with van der Waals surface area (Å²) in [5, 5.41) is 11.1. The quantitative estimate of drug-likeness (QED) is 0.464. The molecule has 66 valence electrons. The van der Waals surface area contributed by atoms with Crippen molar-refractivity contribution in [3.63, 3.8) is 0 Å². The number of nitrogens with zero attached hydrogens (tertiary/aromatic N) is 4. The van der Waals surface area contributed by atoms with E-state index in [4.69, 9.17) is 16.5 Å². The van der Waals surface area contributed by atoms with Crippen molar-refractivity contribution in [1.82, 2.24) is 0 Å². The Morgan fingerprint density at radius 2 is 2.38 bits per heavy atom. The van der Waals surface area contributed by atoms with Gasteiger partial charge in [0.2, 0.25) is 11.8 Å². The van der Waals surface area contributed by atoms with Gasteiger partial charge in [-0.25, -0.2) is 0 Å². The lowest BCUT2D eigenvalue weighted by molar-refractivity contribution is -0.667. The van der Waals surface area contributed by atoms with Crippen molar-refractivity contribution in [2.75, 3.05) is 6.61 Å². The van der Waals surface area contributed by atoms with Gasteiger partial charge in [0.1, 0.15) is 6.10 Å². The number of ether oxygens (including phenoxy) is 1. The fraction of sp³-hybridized carbons (Fsp3) is 0.286. The summed E-state index contributed by atoms with van der Waals surface area (Å²) in [5.74, 6) is 0.617. The van der Waals surface area contributed by atoms with E-state index in [9.17, 15) is 0 Å². The van der Waals surface area contributed by atoms with Crippen molar-refractivity contribution in [2.24, 2.45) is 15.5 Å². The van der Waals surface area contributed by atoms with E-state index in [2.05, 4.69) is 15.5 Å². The molecule has 0 aromatic heterocycles. The molecule has 0 aromatic carbocycles. The average Bonchev–Trinajstić information content (AvgIpc) is 2.87. The first-order valence-corrected chi connectivity index (χ1v) is 4.23. The number of hydrogen-bond donors (Lipinski definition) is 0. The lowest BCUT2D eigenvalue weighted by Crippen LogP contribution is -2.32. The van der Waals surface area contributed by atoms with Crippen LogP contribution >= 0.6 is 11.8 Å². The molecule has 0 aromatic rings. The van der Waals surface area contributed by atoms with Crippen molar-refractivity contribution >= 4 is 17.6 Å². The second-order valence-corrected chi connectivity index (χ2v) is 3.54. The van der Waals surface area contributed by atoms with Gasteiger partial charge in [-0.15, -0.1) is 0 Å². The second-order valence-electron chi connectivity index (χ2n) is 3.02. The molecular formula is C7H6ClN4O+. The van der Waals surface area contributed by atoms with Gasteiger partial charge in [0.05, 0.1) is 11.8 Å². The van der Waals surface area contributed by atoms with Crippen LogP contribution in [0.1, 0.15) is 0 Å². The van der Waals surface area contributed by atoms with Crippen LogP contribution < -0.4 is 0 Å². The zero-order valence-electron chi connectivity index (χ0n) is 6.59. The minimum atomic E-state index is -0.203. The van der Waals surface area contributed by atoms with Crippen LogP contribution in [0.5, 0.6) is 0 Å². The predicted molar refractivity (Wildman–Crippen MR) is 45.4 cm³/mol. The maximum atomic E-state index is 6.10. The van der Waals surface area contributed by atoms with Gasteiger partial charge in [-0.3, -0.25) is 0 Å². The van der Waals surface area contributed by atoms with E-state index in [-0.39, 0.29) is 10.2 Å². The highest BCUT2D eigenvalue weighted by Gasteiger charge is 2.42. The van der Waals surface area contributed by atoms with Gasteiger partial charge in [0.15, 0.2) is 6.20 Å². The van der Waals surface area contributed by atoms with Crippen LogP contribution in [0, 0.1) is 0 Å². The van der Waals surface area contributed by atoms with Crippen LogP contribution in [0.4, 0.5) is 0 Å². The van der Waals surface area contributed by atoms with Crippen LogP contribution in [0.15, 0.2) is 39.5 Å². The number of epoxide rings is 1. The van der Waals surface area contributed by atoms with Gasteiger partial charge in [-0.05, 0) is 10.2 Å². The molecule has 1 saturated heterocycles. The summed E-state index contributed by atoms with van der Waals surface area (Å²) in [5.41, 5.74) is 1.04. The minimum absolute atomic E-state index is 0.183. The van der Waals surface area contributed by atoms with E-state index in [1.54, 1.807) is 6.20 Å². The van der Waals surface area contributed by atoms with E-state index >= 15 is 0 Å². The molecule has 13 heavy (non-hydrogen) atoms. The van der Waals surface area contributed by atoms with Gasteiger partial charge in [-0.2, -0.15) is 0 Å². The molecule has 0 aliphatic carbocycles. The monoisotopic (exact) mass is 197 g/mol. The third-order valence-electron chi connectivity index (χ3n) is 2.09. The van der Waals surface area contributed by atoms with Gasteiger partial charge >= 0.3 is 0 Å². The number of quaternary nitrogens is 1. The SMILES string of the molecule is Cl[N@+]12C=C(C3CO3)C=CC1=NN=N2. The van der Waals surface area contributed by atoms with Crippen LogP contribution in [0.2, 0.25) is 0 Å². The normalized spacial score (nSPS) is 39.9. The van der Waals surface area contributed by atoms with Crippen LogP contribution in [0.3, 0.4) is 0 Å². The summed E-state index contributed by atoms with van der Waals surface area (Å²) < 4.78 is 4.94. The Kier molecular flexibility index (Phi) is 1.28. The number of amidine groups is 1. The van der Waals surface area contributed by atoms with Crippen molar-refractivity contribution in [3.8, 4) is 0 Å². The molecule has 1 fully saturated rings. The Morgan fingerprint density at radius 3 is 3.15 bits per heavy atom. The number of fused-ring (bicyclic) bond motifs is 1. The third kappa shape index (κ3) is 1.05. The van der Waals surface area contributed by atoms with E-state index in [1.165, 1.54) is 0 Å². The Balaban J connectivity index is 2.02. The Labute approximate surface area is 79.3 Å². The standard InChI is InChI=1S/C7H6ClN4O/c8-12-3-5(6-4-13-6)1-2-7(12)9-10-11-12/h1-3,6H,4H2/q+1/t6?,12-/m0/s1. The maximum absolute atomic E-state index is 6.10. The first-order chi connectivity index (χ1) is 6.28. The highest BCUT2D eigenvalue weighted by Crippen LogP contribution is 2.32. The van der Waals surface area contributed by atoms with E-state index in [1.807, 2.05) is 12.2 Å². The molecule has 6 heteroatoms. The fourth-order valence-corrected chi connectivity index (χ4v) is 1.54. The molecule has 1 unspecified atom stereocenters. The minimum Gasteiger partial charge on any atom is -0.368 e. The molecule has 0 amide bonds. The summed E-state index contributed by atoms with van der Waals surface area (Å²) in [6, 6.07) is 0. The molecule has 3 aliphatic rings. The number of halogens is 1. The first-order valence-electron chi connectivity index (χ1n) is 3.90. The number of hydrogen-bond acceptors (Lipinski definition) is 4. The Morgan fingerprint density at radius 1 is 1.54 bits per heavy atom. The smallest absolute Gasteiger partial charge is 0.300 e. The van der Waals surface area contributed by atoms with Gasteiger partial charge in [0, 0.05) is 16.9 Å². The summed E-state index contributed by atoms with van der Waals surface area (Å²) in [6.07, 6.45) is 5.71. The predicted octanol–water partition coefficient (Wildman–Crippen LogP) is 1.50. The maximum Gasteiger partial charge on any atom is 0.300 e. The molecule has 0 bridgehead atoms. The molecule has 0 radical (unpaired) electrons. The fourth-order valence-electron chi connectivity index (χ4n) is 1.30. The number of rotatable bonds is 1. The second kappa shape index (κ2) is 2.25. The molecular weight excluding hydrogens is 192 g/mol. The van der Waals surface area contributed by atoms with Crippen molar-refractivity contribution in [2.45, 2.75) is 6.10 Å². The molecule has 2 atom stereocenters. The molecule has 5 nitrogen and oxygen atoms in total. The summed E-state index contributed by atoms with van der Waals surface area (Å²) in [4.78, 5) is 0. The lowest BCUT2D eigenvalue weighted by Gasteiger charge is -2.14. The molecule has 3 heterocycles. The van der Waals surface area contributed by atoms with Gasteiger partial charge < -0.3 is 4.74 Å². The molecule has 0 saturated carbocycles. The van der Waals surface area contributed by atoms with Crippen LogP contribution in [-0.4, -0.2) is 22.7 Å². The lowest BCUT2D eigenvalue weighted by atomic mass is 10.1. The topological polar surface area (TPSA) is 49.6 Å².